The lowest BCUT2D eigenvalue weighted by Crippen LogP contribution is -2.29. The molecule has 0 saturated carbocycles. The number of aliphatic imine (C=N–C) groups is 1. The number of nitrogens with one attached hydrogen (secondary N) is 1. The first-order chi connectivity index (χ1) is 16.8. The zero-order valence-corrected chi connectivity index (χ0v) is 21.6. The highest BCUT2D eigenvalue weighted by molar-refractivity contribution is 7.15. The molecule has 0 unspecified atom stereocenters. The van der Waals surface area contributed by atoms with Crippen LogP contribution in [0.3, 0.4) is 0 Å². The van der Waals surface area contributed by atoms with Crippen LogP contribution in [0.5, 0.6) is 0 Å². The molecule has 1 amide bonds. The average Bonchev–Trinajstić information content (AvgIpc) is 3.48. The van der Waals surface area contributed by atoms with Crippen LogP contribution >= 0.6 is 22.9 Å². The van der Waals surface area contributed by atoms with Crippen LogP contribution in [0.1, 0.15) is 51.4 Å². The predicted molar refractivity (Wildman–Crippen MR) is 138 cm³/mol. The van der Waals surface area contributed by atoms with E-state index in [-0.39, 0.29) is 11.9 Å². The maximum atomic E-state index is 12.7. The molecule has 5 rings (SSSR count). The van der Waals surface area contributed by atoms with Crippen molar-refractivity contribution in [2.24, 2.45) is 12.0 Å². The monoisotopic (exact) mass is 507 g/mol. The number of carbonyl (C=O) groups is 1. The molecule has 0 aliphatic carbocycles. The van der Waals surface area contributed by atoms with Crippen molar-refractivity contribution in [1.29, 1.82) is 0 Å². The predicted octanol–water partition coefficient (Wildman–Crippen LogP) is 4.28. The van der Waals surface area contributed by atoms with Gasteiger partial charge in [0.15, 0.2) is 5.82 Å². The summed E-state index contributed by atoms with van der Waals surface area (Å²) >= 11 is 7.88. The third-order valence-electron chi connectivity index (χ3n) is 6.22. The molecule has 0 saturated heterocycles. The van der Waals surface area contributed by atoms with Gasteiger partial charge in [-0.1, -0.05) is 23.7 Å². The molecule has 1 N–H and O–H groups in total. The fraction of sp³-hybridized carbons (Fsp3) is 0.320. The highest BCUT2D eigenvalue weighted by atomic mass is 35.5. The van der Waals surface area contributed by atoms with Gasteiger partial charge in [0.1, 0.15) is 16.9 Å². The first-order valence-electron chi connectivity index (χ1n) is 11.4. The van der Waals surface area contributed by atoms with Crippen molar-refractivity contribution in [2.75, 3.05) is 6.54 Å². The van der Waals surface area contributed by atoms with Gasteiger partial charge in [-0.3, -0.25) is 14.4 Å². The Morgan fingerprint density at radius 1 is 1.17 bits per heavy atom. The van der Waals surface area contributed by atoms with Crippen LogP contribution in [0.15, 0.2) is 41.8 Å². The topological polar surface area (TPSA) is 90.0 Å². The molecule has 1 aromatic carbocycles. The lowest BCUT2D eigenvalue weighted by atomic mass is 10.00. The van der Waals surface area contributed by atoms with Crippen LogP contribution < -0.4 is 5.32 Å². The van der Waals surface area contributed by atoms with Crippen LogP contribution in [0.2, 0.25) is 5.02 Å². The molecule has 10 heteroatoms. The zero-order chi connectivity index (χ0) is 24.7. The summed E-state index contributed by atoms with van der Waals surface area (Å²) in [6, 6.07) is 7.33. The lowest BCUT2D eigenvalue weighted by Gasteiger charge is -2.14. The molecule has 4 aromatic rings. The van der Waals surface area contributed by atoms with E-state index in [1.54, 1.807) is 17.7 Å². The van der Waals surface area contributed by atoms with Crippen LogP contribution in [0, 0.1) is 20.8 Å². The van der Waals surface area contributed by atoms with Crippen molar-refractivity contribution >= 4 is 34.6 Å². The molecule has 3 aromatic heterocycles. The Labute approximate surface area is 212 Å². The molecule has 180 valence electrons. The van der Waals surface area contributed by atoms with Crippen molar-refractivity contribution in [2.45, 2.75) is 39.7 Å². The van der Waals surface area contributed by atoms with E-state index in [1.165, 1.54) is 10.4 Å². The Bertz CT molecular complexity index is 1430. The maximum absolute atomic E-state index is 12.7. The Balaban J connectivity index is 1.49. The summed E-state index contributed by atoms with van der Waals surface area (Å²) in [7, 11) is 1.92. The number of amides is 1. The standard InChI is InChI=1S/C25H26ClN7OS/c1-14-15(2)35-25-22(14)23(17-5-7-18(26)8-6-17)29-20(24-31-30-16(3)33(24)25)11-27-21(34)10-9-19-12-32(4)13-28-19/h5-8,12-13,20H,9-11H2,1-4H3,(H,27,34)/t20-/m0/s1. The normalized spacial score (nSPS) is 14.8. The van der Waals surface area contributed by atoms with Crippen molar-refractivity contribution in [3.63, 3.8) is 0 Å². The molecular formula is C25H26ClN7OS. The van der Waals surface area contributed by atoms with Gasteiger partial charge in [0, 0.05) is 47.2 Å². The van der Waals surface area contributed by atoms with E-state index in [0.717, 1.165) is 39.2 Å². The minimum Gasteiger partial charge on any atom is -0.353 e. The fourth-order valence-electron chi connectivity index (χ4n) is 4.27. The van der Waals surface area contributed by atoms with Crippen LogP contribution in [-0.2, 0) is 18.3 Å². The molecule has 1 atom stereocenters. The van der Waals surface area contributed by atoms with Gasteiger partial charge in [-0.05, 0) is 44.9 Å². The second-order valence-corrected chi connectivity index (χ2v) is 10.4. The summed E-state index contributed by atoms with van der Waals surface area (Å²) in [6.07, 6.45) is 4.61. The number of benzene rings is 1. The van der Waals surface area contributed by atoms with Crippen LogP contribution in [0.4, 0.5) is 0 Å². The molecule has 0 bridgehead atoms. The largest absolute Gasteiger partial charge is 0.353 e. The van der Waals surface area contributed by atoms with E-state index in [9.17, 15) is 4.79 Å². The number of aryl methyl sites for hydroxylation is 4. The van der Waals surface area contributed by atoms with E-state index in [1.807, 2.05) is 49.0 Å². The Morgan fingerprint density at radius 2 is 1.94 bits per heavy atom. The summed E-state index contributed by atoms with van der Waals surface area (Å²) < 4.78 is 3.96. The van der Waals surface area contributed by atoms with Gasteiger partial charge in [0.05, 0.1) is 17.7 Å². The zero-order valence-electron chi connectivity index (χ0n) is 20.0. The van der Waals surface area contributed by atoms with Crippen LogP contribution in [-0.4, -0.2) is 42.5 Å². The Kier molecular flexibility index (Phi) is 6.29. The van der Waals surface area contributed by atoms with Gasteiger partial charge in [-0.25, -0.2) is 4.98 Å². The highest BCUT2D eigenvalue weighted by Crippen LogP contribution is 2.38. The minimum atomic E-state index is -0.389. The summed E-state index contributed by atoms with van der Waals surface area (Å²) in [4.78, 5) is 23.4. The van der Waals surface area contributed by atoms with E-state index in [2.05, 4.69) is 38.9 Å². The number of hydrogen-bond acceptors (Lipinski definition) is 6. The first kappa shape index (κ1) is 23.4. The van der Waals surface area contributed by atoms with Crippen molar-refractivity contribution < 1.29 is 4.79 Å². The second kappa shape index (κ2) is 9.39. The van der Waals surface area contributed by atoms with Crippen molar-refractivity contribution in [3.8, 4) is 5.00 Å². The number of rotatable bonds is 6. The molecule has 0 fully saturated rings. The molecule has 1 aliphatic heterocycles. The van der Waals surface area contributed by atoms with Gasteiger partial charge in [-0.15, -0.1) is 21.5 Å². The average molecular weight is 508 g/mol. The third kappa shape index (κ3) is 4.53. The third-order valence-corrected chi connectivity index (χ3v) is 7.66. The van der Waals surface area contributed by atoms with Crippen LogP contribution in [0.25, 0.3) is 5.00 Å². The molecule has 4 heterocycles. The molecule has 8 nitrogen and oxygen atoms in total. The van der Waals surface area contributed by atoms with Gasteiger partial charge in [-0.2, -0.15) is 0 Å². The quantitative estimate of drug-likeness (QED) is 0.421. The van der Waals surface area contributed by atoms with Gasteiger partial charge in [0.25, 0.3) is 0 Å². The summed E-state index contributed by atoms with van der Waals surface area (Å²) in [5.74, 6) is 1.47. The number of halogens is 1. The SMILES string of the molecule is Cc1sc2c(c1C)C(c1ccc(Cl)cc1)=N[C@@H](CNC(=O)CCc1cn(C)cn1)c1nnc(C)n1-2. The summed E-state index contributed by atoms with van der Waals surface area (Å²) in [5, 5.41) is 13.6. The van der Waals surface area contributed by atoms with E-state index < -0.39 is 0 Å². The summed E-state index contributed by atoms with van der Waals surface area (Å²) in [6.45, 7) is 6.51. The molecule has 0 radical (unpaired) electrons. The van der Waals surface area contributed by atoms with Crippen molar-refractivity contribution in [1.82, 2.24) is 29.6 Å². The number of thiophene rings is 1. The molecule has 35 heavy (non-hydrogen) atoms. The Hall–Kier alpha value is -3.30. The minimum absolute atomic E-state index is 0.0484. The highest BCUT2D eigenvalue weighted by Gasteiger charge is 2.31. The number of fused-ring (bicyclic) bond motifs is 3. The number of carbonyl (C=O) groups excluding carboxylic acids is 1. The smallest absolute Gasteiger partial charge is 0.220 e. The van der Waals surface area contributed by atoms with Crippen molar-refractivity contribution in [3.05, 3.63) is 80.7 Å². The first-order valence-corrected chi connectivity index (χ1v) is 12.6. The number of imidazole rings is 1. The van der Waals surface area contributed by atoms with Gasteiger partial charge in [0.2, 0.25) is 5.91 Å². The second-order valence-electron chi connectivity index (χ2n) is 8.74. The summed E-state index contributed by atoms with van der Waals surface area (Å²) in [5.41, 5.74) is 4.99. The van der Waals surface area contributed by atoms with E-state index >= 15 is 0 Å². The van der Waals surface area contributed by atoms with E-state index in [4.69, 9.17) is 16.6 Å². The molecule has 1 aliphatic rings. The molecular weight excluding hydrogens is 482 g/mol. The number of hydrogen-bond donors (Lipinski definition) is 1. The lowest BCUT2D eigenvalue weighted by molar-refractivity contribution is -0.121. The fourth-order valence-corrected chi connectivity index (χ4v) is 5.61. The Morgan fingerprint density at radius 3 is 2.66 bits per heavy atom. The van der Waals surface area contributed by atoms with Gasteiger partial charge < -0.3 is 9.88 Å². The number of nitrogens with zero attached hydrogens (tertiary/aromatic N) is 6. The van der Waals surface area contributed by atoms with E-state index in [0.29, 0.717) is 24.4 Å². The molecule has 0 spiro atoms. The van der Waals surface area contributed by atoms with Gasteiger partial charge >= 0.3 is 0 Å². The number of aromatic nitrogens is 5. The maximum Gasteiger partial charge on any atom is 0.220 e.